The average molecular weight is 267 g/mol. The van der Waals surface area contributed by atoms with Crippen LogP contribution in [0.3, 0.4) is 0 Å². The lowest BCUT2D eigenvalue weighted by Gasteiger charge is -2.32. The number of nitrogens with zero attached hydrogens (tertiary/aromatic N) is 1. The zero-order valence-electron chi connectivity index (χ0n) is 11.9. The lowest BCUT2D eigenvalue weighted by atomic mass is 9.79. The van der Waals surface area contributed by atoms with Gasteiger partial charge in [0, 0.05) is 17.7 Å². The molecule has 0 saturated carbocycles. The predicted molar refractivity (Wildman–Crippen MR) is 71.6 cm³/mol. The molecule has 1 aromatic rings. The van der Waals surface area contributed by atoms with Gasteiger partial charge in [-0.2, -0.15) is 0 Å². The molecular weight excluding hydrogens is 245 g/mol. The molecule has 3 N–H and O–H groups in total. The van der Waals surface area contributed by atoms with Crippen LogP contribution in [-0.2, 0) is 4.74 Å². The summed E-state index contributed by atoms with van der Waals surface area (Å²) >= 11 is 0. The van der Waals surface area contributed by atoms with Gasteiger partial charge in [-0.1, -0.05) is 0 Å². The second kappa shape index (κ2) is 4.81. The van der Waals surface area contributed by atoms with Crippen molar-refractivity contribution in [1.82, 2.24) is 10.4 Å². The van der Waals surface area contributed by atoms with E-state index in [2.05, 4.69) is 10.4 Å². The lowest BCUT2D eigenvalue weighted by Crippen LogP contribution is -2.41. The maximum absolute atomic E-state index is 13.9. The van der Waals surface area contributed by atoms with Crippen molar-refractivity contribution in [2.24, 2.45) is 11.8 Å². The van der Waals surface area contributed by atoms with Crippen LogP contribution in [0.1, 0.15) is 45.7 Å². The number of aromatic nitrogens is 1. The highest BCUT2D eigenvalue weighted by atomic mass is 19.1. The molecule has 0 aromatic carbocycles. The molecule has 0 spiro atoms. The Morgan fingerprint density at radius 1 is 1.47 bits per heavy atom. The van der Waals surface area contributed by atoms with Crippen LogP contribution in [0.25, 0.3) is 0 Å². The molecule has 19 heavy (non-hydrogen) atoms. The molecule has 2 rings (SSSR count). The zero-order valence-corrected chi connectivity index (χ0v) is 11.9. The van der Waals surface area contributed by atoms with E-state index in [0.717, 1.165) is 6.42 Å². The summed E-state index contributed by atoms with van der Waals surface area (Å²) in [6.45, 7) is 8.14. The number of nitrogens with one attached hydrogen (secondary N) is 1. The Labute approximate surface area is 113 Å². The van der Waals surface area contributed by atoms with Crippen molar-refractivity contribution in [3.8, 4) is 0 Å². The minimum Gasteiger partial charge on any atom is -0.369 e. The van der Waals surface area contributed by atoms with Gasteiger partial charge in [-0.05, 0) is 40.2 Å². The summed E-state index contributed by atoms with van der Waals surface area (Å²) in [6.07, 6.45) is 3.61. The van der Waals surface area contributed by atoms with Crippen LogP contribution in [-0.4, -0.2) is 16.2 Å². The number of halogens is 1. The Morgan fingerprint density at radius 2 is 2.16 bits per heavy atom. The van der Waals surface area contributed by atoms with E-state index >= 15 is 0 Å². The van der Waals surface area contributed by atoms with Crippen LogP contribution in [0, 0.1) is 11.7 Å². The van der Waals surface area contributed by atoms with Crippen LogP contribution >= 0.6 is 0 Å². The van der Waals surface area contributed by atoms with E-state index in [9.17, 15) is 4.39 Å². The molecule has 2 atom stereocenters. The van der Waals surface area contributed by atoms with Gasteiger partial charge in [-0.15, -0.1) is 0 Å². The zero-order chi connectivity index (χ0) is 14.3. The van der Waals surface area contributed by atoms with E-state index in [1.54, 1.807) is 12.3 Å². The maximum Gasteiger partial charge on any atom is 0.146 e. The minimum absolute atomic E-state index is 0.0874. The molecule has 1 fully saturated rings. The Bertz CT molecular complexity index is 462. The van der Waals surface area contributed by atoms with Gasteiger partial charge in [0.25, 0.3) is 0 Å². The fraction of sp³-hybridized carbons (Fsp3) is 0.643. The summed E-state index contributed by atoms with van der Waals surface area (Å²) in [4.78, 5) is 3.78. The summed E-state index contributed by atoms with van der Waals surface area (Å²) < 4.78 is 20.0. The van der Waals surface area contributed by atoms with Crippen LogP contribution in [0.5, 0.6) is 0 Å². The molecule has 1 aliphatic heterocycles. The molecule has 0 bridgehead atoms. The van der Waals surface area contributed by atoms with Crippen LogP contribution in [0.2, 0.25) is 0 Å². The van der Waals surface area contributed by atoms with Crippen molar-refractivity contribution >= 4 is 0 Å². The number of hydrogen-bond donors (Lipinski definition) is 2. The fourth-order valence-corrected chi connectivity index (χ4v) is 3.18. The first-order valence-corrected chi connectivity index (χ1v) is 6.52. The summed E-state index contributed by atoms with van der Waals surface area (Å²) in [7, 11) is 0. The van der Waals surface area contributed by atoms with Gasteiger partial charge < -0.3 is 4.74 Å². The van der Waals surface area contributed by atoms with Gasteiger partial charge >= 0.3 is 0 Å². The predicted octanol–water partition coefficient (Wildman–Crippen LogP) is 2.32. The molecule has 0 amide bonds. The van der Waals surface area contributed by atoms with Gasteiger partial charge in [0.1, 0.15) is 5.82 Å². The molecule has 1 aromatic heterocycles. The summed E-state index contributed by atoms with van der Waals surface area (Å²) in [5, 5.41) is 0. The van der Waals surface area contributed by atoms with E-state index in [0.29, 0.717) is 5.56 Å². The molecule has 2 heterocycles. The smallest absolute Gasteiger partial charge is 0.146 e. The van der Waals surface area contributed by atoms with Crippen molar-refractivity contribution < 1.29 is 9.13 Å². The second-order valence-corrected chi connectivity index (χ2v) is 6.32. The molecule has 0 aliphatic carbocycles. The summed E-state index contributed by atoms with van der Waals surface area (Å²) in [5.41, 5.74) is 2.69. The van der Waals surface area contributed by atoms with Gasteiger partial charge in [-0.25, -0.2) is 4.39 Å². The van der Waals surface area contributed by atoms with Gasteiger partial charge in [0.2, 0.25) is 0 Å². The highest BCUT2D eigenvalue weighted by Crippen LogP contribution is 2.47. The standard InChI is InChI=1S/C14H22FN3O/c1-13(2)7-10(14(3,4)19-13)12(18-16)9-5-6-17-8-11(9)15/h5-6,8,10,12,18H,7,16H2,1-4H3. The lowest BCUT2D eigenvalue weighted by molar-refractivity contribution is -0.0779. The van der Waals surface area contributed by atoms with Crippen molar-refractivity contribution in [2.75, 3.05) is 0 Å². The number of pyridine rings is 1. The Kier molecular flexibility index (Phi) is 3.64. The van der Waals surface area contributed by atoms with Crippen molar-refractivity contribution in [3.63, 3.8) is 0 Å². The maximum atomic E-state index is 13.9. The van der Waals surface area contributed by atoms with E-state index in [1.807, 2.05) is 27.7 Å². The third-order valence-corrected chi connectivity index (χ3v) is 3.86. The van der Waals surface area contributed by atoms with E-state index < -0.39 is 0 Å². The molecule has 5 heteroatoms. The van der Waals surface area contributed by atoms with Crippen molar-refractivity contribution in [2.45, 2.75) is 51.4 Å². The van der Waals surface area contributed by atoms with Gasteiger partial charge in [0.05, 0.1) is 23.4 Å². The first-order chi connectivity index (χ1) is 8.77. The molecule has 2 unspecified atom stereocenters. The number of hydrazine groups is 1. The molecule has 4 nitrogen and oxygen atoms in total. The number of hydrogen-bond acceptors (Lipinski definition) is 4. The first kappa shape index (κ1) is 14.4. The van der Waals surface area contributed by atoms with Crippen LogP contribution < -0.4 is 11.3 Å². The third kappa shape index (κ3) is 2.78. The first-order valence-electron chi connectivity index (χ1n) is 6.52. The van der Waals surface area contributed by atoms with Crippen LogP contribution in [0.4, 0.5) is 4.39 Å². The topological polar surface area (TPSA) is 60.2 Å². The molecule has 0 radical (unpaired) electrons. The third-order valence-electron chi connectivity index (χ3n) is 3.86. The number of rotatable bonds is 3. The SMILES string of the molecule is CC1(C)CC(C(NN)c2ccncc2F)C(C)(C)O1. The Balaban J connectivity index is 2.36. The second-order valence-electron chi connectivity index (χ2n) is 6.32. The minimum atomic E-state index is -0.365. The van der Waals surface area contributed by atoms with E-state index in [1.165, 1.54) is 6.20 Å². The highest BCUT2D eigenvalue weighted by Gasteiger charge is 2.49. The Morgan fingerprint density at radius 3 is 2.63 bits per heavy atom. The van der Waals surface area contributed by atoms with Crippen molar-refractivity contribution in [1.29, 1.82) is 0 Å². The highest BCUT2D eigenvalue weighted by molar-refractivity contribution is 5.20. The van der Waals surface area contributed by atoms with E-state index in [4.69, 9.17) is 10.6 Å². The van der Waals surface area contributed by atoms with Crippen LogP contribution in [0.15, 0.2) is 18.5 Å². The largest absolute Gasteiger partial charge is 0.369 e. The normalized spacial score (nSPS) is 26.3. The molecule has 106 valence electrons. The Hall–Kier alpha value is -1.04. The molecule has 1 saturated heterocycles. The summed E-state index contributed by atoms with van der Waals surface area (Å²) in [5.74, 6) is 5.42. The summed E-state index contributed by atoms with van der Waals surface area (Å²) in [6, 6.07) is 1.38. The average Bonchev–Trinajstić information content (AvgIpc) is 2.51. The van der Waals surface area contributed by atoms with E-state index in [-0.39, 0.29) is 29.0 Å². The quantitative estimate of drug-likeness (QED) is 0.652. The number of nitrogens with two attached hydrogens (primary N) is 1. The van der Waals surface area contributed by atoms with Gasteiger partial charge in [0.15, 0.2) is 0 Å². The van der Waals surface area contributed by atoms with Gasteiger partial charge in [-0.3, -0.25) is 16.3 Å². The fourth-order valence-electron chi connectivity index (χ4n) is 3.18. The molecule has 1 aliphatic rings. The van der Waals surface area contributed by atoms with Crippen molar-refractivity contribution in [3.05, 3.63) is 29.8 Å². The number of ether oxygens (including phenoxy) is 1. The molecular formula is C14H22FN3O. The monoisotopic (exact) mass is 267 g/mol.